The number of unbranched alkanes of at least 4 members (excludes halogenated alkanes) is 1. The van der Waals surface area contributed by atoms with Crippen LogP contribution in [0.3, 0.4) is 0 Å². The second-order valence-corrected chi connectivity index (χ2v) is 7.43. The average Bonchev–Trinajstić information content (AvgIpc) is 2.70. The molecule has 144 valence electrons. The Labute approximate surface area is 164 Å². The molecule has 0 unspecified atom stereocenters. The molecule has 3 aromatic carbocycles. The summed E-state index contributed by atoms with van der Waals surface area (Å²) >= 11 is 1.84. The highest BCUT2D eigenvalue weighted by atomic mass is 32.2. The van der Waals surface area contributed by atoms with E-state index < -0.39 is 0 Å². The van der Waals surface area contributed by atoms with E-state index in [9.17, 15) is 10.2 Å². The Kier molecular flexibility index (Phi) is 7.21. The van der Waals surface area contributed by atoms with E-state index in [2.05, 4.69) is 25.1 Å². The second kappa shape index (κ2) is 9.83. The minimum Gasteiger partial charge on any atom is -0.490 e. The van der Waals surface area contributed by atoms with Gasteiger partial charge in [-0.1, -0.05) is 37.6 Å². The van der Waals surface area contributed by atoms with E-state index in [-0.39, 0.29) is 26.4 Å². The average molecular weight is 387 g/mol. The number of aliphatic hydroxyl groups is 2. The lowest BCUT2D eigenvalue weighted by Gasteiger charge is -2.18. The lowest BCUT2D eigenvalue weighted by atomic mass is 10.0. The molecule has 4 nitrogen and oxygen atoms in total. The van der Waals surface area contributed by atoms with Crippen LogP contribution in [0.5, 0.6) is 11.5 Å². The zero-order valence-electron chi connectivity index (χ0n) is 15.6. The van der Waals surface area contributed by atoms with Crippen LogP contribution in [0.15, 0.2) is 47.4 Å². The van der Waals surface area contributed by atoms with E-state index in [0.29, 0.717) is 0 Å². The molecule has 3 rings (SSSR count). The maximum atomic E-state index is 9.26. The summed E-state index contributed by atoms with van der Waals surface area (Å²) in [4.78, 5) is 1.19. The van der Waals surface area contributed by atoms with Gasteiger partial charge >= 0.3 is 0 Å². The Morgan fingerprint density at radius 1 is 0.815 bits per heavy atom. The van der Waals surface area contributed by atoms with Gasteiger partial charge in [0.2, 0.25) is 0 Å². The van der Waals surface area contributed by atoms with Gasteiger partial charge in [0.15, 0.2) is 0 Å². The van der Waals surface area contributed by atoms with E-state index >= 15 is 0 Å². The van der Waals surface area contributed by atoms with Crippen LogP contribution in [0, 0.1) is 0 Å². The van der Waals surface area contributed by atoms with E-state index in [1.807, 2.05) is 36.0 Å². The van der Waals surface area contributed by atoms with Gasteiger partial charge in [-0.2, -0.15) is 0 Å². The summed E-state index contributed by atoms with van der Waals surface area (Å²) in [6, 6.07) is 14.2. The molecule has 0 aliphatic rings. The summed E-state index contributed by atoms with van der Waals surface area (Å²) in [6.07, 6.45) is 2.36. The van der Waals surface area contributed by atoms with Crippen molar-refractivity contribution in [2.45, 2.75) is 24.7 Å². The van der Waals surface area contributed by atoms with E-state index in [1.165, 1.54) is 17.7 Å². The molecule has 0 saturated carbocycles. The Bertz CT molecular complexity index is 894. The van der Waals surface area contributed by atoms with Gasteiger partial charge in [-0.15, -0.1) is 11.8 Å². The molecule has 0 aromatic heterocycles. The van der Waals surface area contributed by atoms with Crippen molar-refractivity contribution in [3.63, 3.8) is 0 Å². The quantitative estimate of drug-likeness (QED) is 0.302. The third kappa shape index (κ3) is 4.49. The van der Waals surface area contributed by atoms with Crippen LogP contribution in [0.4, 0.5) is 0 Å². The molecule has 0 radical (unpaired) electrons. The first-order valence-corrected chi connectivity index (χ1v) is 10.4. The van der Waals surface area contributed by atoms with Gasteiger partial charge in [-0.25, -0.2) is 0 Å². The van der Waals surface area contributed by atoms with Crippen molar-refractivity contribution in [1.29, 1.82) is 0 Å². The number of hydrogen-bond donors (Lipinski definition) is 2. The summed E-state index contributed by atoms with van der Waals surface area (Å²) in [7, 11) is 0. The Balaban J connectivity index is 2.19. The largest absolute Gasteiger partial charge is 0.490 e. The number of thioether (sulfide) groups is 1. The minimum absolute atomic E-state index is 0.0382. The van der Waals surface area contributed by atoms with Crippen molar-refractivity contribution < 1.29 is 19.7 Å². The molecule has 0 bridgehead atoms. The normalized spacial score (nSPS) is 11.2. The molecule has 0 aliphatic heterocycles. The molecule has 5 heteroatoms. The summed E-state index contributed by atoms with van der Waals surface area (Å²) in [6.45, 7) is 2.60. The first-order chi connectivity index (χ1) is 13.3. The lowest BCUT2D eigenvalue weighted by Crippen LogP contribution is -2.05. The van der Waals surface area contributed by atoms with Gasteiger partial charge in [-0.3, -0.25) is 0 Å². The monoisotopic (exact) mass is 386 g/mol. The Hall–Kier alpha value is -1.95. The first-order valence-electron chi connectivity index (χ1n) is 9.38. The summed E-state index contributed by atoms with van der Waals surface area (Å²) < 4.78 is 11.9. The van der Waals surface area contributed by atoms with Crippen molar-refractivity contribution in [2.24, 2.45) is 0 Å². The molecule has 0 atom stereocenters. The van der Waals surface area contributed by atoms with Crippen LogP contribution in [-0.2, 0) is 0 Å². The van der Waals surface area contributed by atoms with Gasteiger partial charge in [0.25, 0.3) is 0 Å². The van der Waals surface area contributed by atoms with Crippen LogP contribution in [0.2, 0.25) is 0 Å². The number of ether oxygens (including phenoxy) is 2. The molecule has 0 saturated heterocycles. The third-order valence-electron chi connectivity index (χ3n) is 4.34. The van der Waals surface area contributed by atoms with Gasteiger partial charge in [-0.05, 0) is 30.4 Å². The van der Waals surface area contributed by atoms with Crippen molar-refractivity contribution in [2.75, 3.05) is 32.2 Å². The zero-order valence-corrected chi connectivity index (χ0v) is 16.4. The standard InChI is InChI=1S/C22H26O4S/c1-2-3-14-27-16-8-9-19-20(15-16)22(26-13-11-24)18-7-5-4-6-17(18)21(19)25-12-10-23/h4-9,15,23-24H,2-3,10-14H2,1H3. The van der Waals surface area contributed by atoms with Crippen LogP contribution in [-0.4, -0.2) is 42.4 Å². The van der Waals surface area contributed by atoms with Crippen molar-refractivity contribution in [1.82, 2.24) is 0 Å². The highest BCUT2D eigenvalue weighted by molar-refractivity contribution is 7.99. The molecule has 27 heavy (non-hydrogen) atoms. The van der Waals surface area contributed by atoms with E-state index in [1.54, 1.807) is 0 Å². The Morgan fingerprint density at radius 3 is 2.00 bits per heavy atom. The number of aliphatic hydroxyl groups excluding tert-OH is 2. The third-order valence-corrected chi connectivity index (χ3v) is 5.42. The molecule has 3 aromatic rings. The summed E-state index contributed by atoms with van der Waals surface area (Å²) in [5, 5.41) is 22.3. The number of benzene rings is 3. The molecular weight excluding hydrogens is 360 g/mol. The molecular formula is C22H26O4S. The van der Waals surface area contributed by atoms with Gasteiger partial charge in [0.1, 0.15) is 24.7 Å². The fourth-order valence-electron chi connectivity index (χ4n) is 3.11. The number of rotatable bonds is 10. The predicted octanol–water partition coefficient (Wildman–Crippen LogP) is 4.63. The molecule has 0 fully saturated rings. The van der Waals surface area contributed by atoms with E-state index in [0.717, 1.165) is 38.8 Å². The van der Waals surface area contributed by atoms with Crippen molar-refractivity contribution in [3.05, 3.63) is 42.5 Å². The highest BCUT2D eigenvalue weighted by Crippen LogP contribution is 2.44. The predicted molar refractivity (Wildman–Crippen MR) is 112 cm³/mol. The smallest absolute Gasteiger partial charge is 0.135 e. The molecule has 0 heterocycles. The molecule has 0 aliphatic carbocycles. The topological polar surface area (TPSA) is 58.9 Å². The first kappa shape index (κ1) is 19.8. The van der Waals surface area contributed by atoms with Crippen molar-refractivity contribution in [3.8, 4) is 11.5 Å². The SMILES string of the molecule is CCCCSc1ccc2c(OCCO)c3ccccc3c(OCCO)c2c1. The number of hydrogen-bond acceptors (Lipinski definition) is 5. The fraction of sp³-hybridized carbons (Fsp3) is 0.364. The van der Waals surface area contributed by atoms with Gasteiger partial charge < -0.3 is 19.7 Å². The molecule has 2 N–H and O–H groups in total. The number of fused-ring (bicyclic) bond motifs is 2. The lowest BCUT2D eigenvalue weighted by molar-refractivity contribution is 0.202. The fourth-order valence-corrected chi connectivity index (χ4v) is 4.14. The van der Waals surface area contributed by atoms with Gasteiger partial charge in [0, 0.05) is 26.4 Å². The Morgan fingerprint density at radius 2 is 1.41 bits per heavy atom. The van der Waals surface area contributed by atoms with E-state index in [4.69, 9.17) is 9.47 Å². The van der Waals surface area contributed by atoms with Crippen molar-refractivity contribution >= 4 is 33.3 Å². The second-order valence-electron chi connectivity index (χ2n) is 6.26. The maximum absolute atomic E-state index is 9.26. The van der Waals surface area contributed by atoms with Crippen LogP contribution in [0.1, 0.15) is 19.8 Å². The highest BCUT2D eigenvalue weighted by Gasteiger charge is 2.16. The summed E-state index contributed by atoms with van der Waals surface area (Å²) in [5.41, 5.74) is 0. The van der Waals surface area contributed by atoms with Crippen LogP contribution >= 0.6 is 11.8 Å². The zero-order chi connectivity index (χ0) is 19.1. The molecule has 0 amide bonds. The van der Waals surface area contributed by atoms with Gasteiger partial charge in [0.05, 0.1) is 13.2 Å². The van der Waals surface area contributed by atoms with Crippen LogP contribution < -0.4 is 9.47 Å². The summed E-state index contributed by atoms with van der Waals surface area (Å²) in [5.74, 6) is 2.61. The minimum atomic E-state index is -0.0382. The molecule has 0 spiro atoms. The maximum Gasteiger partial charge on any atom is 0.135 e. The van der Waals surface area contributed by atoms with Crippen LogP contribution in [0.25, 0.3) is 21.5 Å².